The second kappa shape index (κ2) is 12.8. The van der Waals surface area contributed by atoms with Gasteiger partial charge in [0.2, 0.25) is 11.6 Å². The number of likely N-dealkylation sites (tertiary alicyclic amines) is 1. The largest absolute Gasteiger partial charge is 0.465 e. The Morgan fingerprint density at radius 2 is 2.03 bits per heavy atom. The van der Waals surface area contributed by atoms with Crippen molar-refractivity contribution in [1.82, 2.24) is 24.4 Å². The molecule has 0 radical (unpaired) electrons. The van der Waals surface area contributed by atoms with Gasteiger partial charge in [0, 0.05) is 25.5 Å². The molecule has 202 valence electrons. The van der Waals surface area contributed by atoms with E-state index in [2.05, 4.69) is 25.9 Å². The minimum absolute atomic E-state index is 0.113. The third-order valence-corrected chi connectivity index (χ3v) is 6.09. The Kier molecular flexibility index (Phi) is 9.03. The maximum Gasteiger partial charge on any atom is 0.353 e. The Labute approximate surface area is 220 Å². The van der Waals surface area contributed by atoms with E-state index in [1.54, 1.807) is 30.2 Å². The van der Waals surface area contributed by atoms with Gasteiger partial charge < -0.3 is 24.7 Å². The molecule has 1 fully saturated rings. The van der Waals surface area contributed by atoms with Crippen LogP contribution in [0.4, 0.5) is 17.3 Å². The Hall–Kier alpha value is -4.26. The molecule has 0 unspecified atom stereocenters. The molecule has 0 atom stereocenters. The Morgan fingerprint density at radius 1 is 1.24 bits per heavy atom. The van der Waals surface area contributed by atoms with Crippen molar-refractivity contribution < 1.29 is 19.2 Å². The maximum absolute atomic E-state index is 12.5. The molecule has 1 aliphatic heterocycles. The Balaban J connectivity index is 1.61. The van der Waals surface area contributed by atoms with Crippen LogP contribution in [0.3, 0.4) is 0 Å². The number of carbonyl (C=O) groups is 1. The molecule has 1 aromatic carbocycles. The molecule has 2 N–H and O–H groups in total. The molecule has 3 aromatic rings. The number of aromatic nitrogens is 4. The fourth-order valence-corrected chi connectivity index (χ4v) is 4.37. The van der Waals surface area contributed by atoms with Crippen LogP contribution >= 0.6 is 0 Å². The van der Waals surface area contributed by atoms with Gasteiger partial charge in [0.15, 0.2) is 0 Å². The first kappa shape index (κ1) is 26.8. The van der Waals surface area contributed by atoms with Crippen molar-refractivity contribution in [2.24, 2.45) is 0 Å². The number of imidazole rings is 1. The molecule has 4 rings (SSSR count). The number of benzene rings is 1. The van der Waals surface area contributed by atoms with Gasteiger partial charge in [-0.3, -0.25) is 19.8 Å². The number of hydrogen-bond donors (Lipinski definition) is 1. The van der Waals surface area contributed by atoms with E-state index in [-0.39, 0.29) is 43.9 Å². The van der Waals surface area contributed by atoms with E-state index in [1.165, 1.54) is 17.7 Å². The average molecular weight is 525 g/mol. The second-order valence-electron chi connectivity index (χ2n) is 8.93. The summed E-state index contributed by atoms with van der Waals surface area (Å²) < 4.78 is 12.6. The molecule has 0 amide bonds. The summed E-state index contributed by atoms with van der Waals surface area (Å²) in [5, 5.41) is 12.0. The van der Waals surface area contributed by atoms with Crippen LogP contribution in [-0.2, 0) is 29.2 Å². The van der Waals surface area contributed by atoms with Crippen LogP contribution in [0.15, 0.2) is 43.0 Å². The van der Waals surface area contributed by atoms with Crippen LogP contribution in [0.2, 0.25) is 0 Å². The van der Waals surface area contributed by atoms with Gasteiger partial charge in [-0.2, -0.15) is 9.97 Å². The monoisotopic (exact) mass is 524 g/mol. The summed E-state index contributed by atoms with van der Waals surface area (Å²) in [5.41, 5.74) is 7.48. The zero-order valence-electron chi connectivity index (χ0n) is 21.4. The molecule has 2 aromatic heterocycles. The van der Waals surface area contributed by atoms with Crippen LogP contribution in [0.25, 0.3) is 0 Å². The Morgan fingerprint density at radius 3 is 2.74 bits per heavy atom. The summed E-state index contributed by atoms with van der Waals surface area (Å²) >= 11 is 0. The summed E-state index contributed by atoms with van der Waals surface area (Å²) in [4.78, 5) is 40.0. The van der Waals surface area contributed by atoms with Crippen molar-refractivity contribution in [1.29, 1.82) is 0 Å². The highest BCUT2D eigenvalue weighted by Gasteiger charge is 2.30. The number of carbonyl (C=O) groups excluding carboxylic acids is 1. The zero-order valence-corrected chi connectivity index (χ0v) is 21.4. The van der Waals surface area contributed by atoms with E-state index in [0.29, 0.717) is 6.54 Å². The van der Waals surface area contributed by atoms with Crippen LogP contribution in [0, 0.1) is 10.1 Å². The smallest absolute Gasteiger partial charge is 0.353 e. The van der Waals surface area contributed by atoms with Gasteiger partial charge >= 0.3 is 17.7 Å². The van der Waals surface area contributed by atoms with Crippen molar-refractivity contribution in [3.05, 3.63) is 64.2 Å². The molecular weight excluding hydrogens is 492 g/mol. The van der Waals surface area contributed by atoms with Crippen molar-refractivity contribution in [3.8, 4) is 6.01 Å². The van der Waals surface area contributed by atoms with Gasteiger partial charge in [-0.1, -0.05) is 24.3 Å². The van der Waals surface area contributed by atoms with E-state index in [1.807, 2.05) is 18.2 Å². The SMILES string of the molecule is CCOC(=O)CN(Cc1cccc(CN2CCCC2)c1)c1nc(OCCn2ccnc2)nc(N)c1[N+](=O)[O-]. The predicted octanol–water partition coefficient (Wildman–Crippen LogP) is 2.41. The van der Waals surface area contributed by atoms with Gasteiger partial charge in [0.1, 0.15) is 13.2 Å². The highest BCUT2D eigenvalue weighted by Crippen LogP contribution is 2.33. The van der Waals surface area contributed by atoms with Crippen LogP contribution in [-0.4, -0.2) is 68.2 Å². The number of esters is 1. The summed E-state index contributed by atoms with van der Waals surface area (Å²) in [6.07, 6.45) is 7.44. The summed E-state index contributed by atoms with van der Waals surface area (Å²) in [5.74, 6) is -1.01. The van der Waals surface area contributed by atoms with Crippen molar-refractivity contribution in [2.45, 2.75) is 39.4 Å². The predicted molar refractivity (Wildman–Crippen MR) is 139 cm³/mol. The highest BCUT2D eigenvalue weighted by atomic mass is 16.6. The average Bonchev–Trinajstić information content (AvgIpc) is 3.58. The number of rotatable bonds is 13. The lowest BCUT2D eigenvalue weighted by Crippen LogP contribution is -2.32. The van der Waals surface area contributed by atoms with Gasteiger partial charge in [0.05, 0.1) is 24.4 Å². The molecule has 13 heteroatoms. The maximum atomic E-state index is 12.5. The lowest BCUT2D eigenvalue weighted by Gasteiger charge is -2.24. The van der Waals surface area contributed by atoms with Gasteiger partial charge in [-0.05, 0) is 44.0 Å². The van der Waals surface area contributed by atoms with Gasteiger partial charge in [-0.25, -0.2) is 4.98 Å². The number of ether oxygens (including phenoxy) is 2. The van der Waals surface area contributed by atoms with Gasteiger partial charge in [0.25, 0.3) is 0 Å². The standard InChI is InChI=1S/C25H32N8O5/c1-2-37-21(34)17-32(16-20-7-5-6-19(14-20)15-30-9-3-4-10-30)24-22(33(35)36)23(26)28-25(29-24)38-13-12-31-11-8-27-18-31/h5-8,11,14,18H,2-4,9-10,12-13,15-17H2,1H3,(H2,26,28,29). The van der Waals surface area contributed by atoms with E-state index >= 15 is 0 Å². The molecule has 0 bridgehead atoms. The molecule has 0 saturated carbocycles. The van der Waals surface area contributed by atoms with Crippen LogP contribution in [0.1, 0.15) is 30.9 Å². The molecule has 1 saturated heterocycles. The number of anilines is 2. The molecule has 38 heavy (non-hydrogen) atoms. The Bertz CT molecular complexity index is 1230. The van der Waals surface area contributed by atoms with E-state index in [4.69, 9.17) is 15.2 Å². The summed E-state index contributed by atoms with van der Waals surface area (Å²) in [6, 6.07) is 7.81. The third kappa shape index (κ3) is 7.16. The molecule has 1 aliphatic rings. The number of nitro groups is 1. The minimum atomic E-state index is -0.651. The van der Waals surface area contributed by atoms with Gasteiger partial charge in [-0.15, -0.1) is 0 Å². The summed E-state index contributed by atoms with van der Waals surface area (Å²) in [7, 11) is 0. The van der Waals surface area contributed by atoms with Crippen LogP contribution in [0.5, 0.6) is 6.01 Å². The number of nitrogen functional groups attached to an aromatic ring is 1. The first-order valence-electron chi connectivity index (χ1n) is 12.5. The fourth-order valence-electron chi connectivity index (χ4n) is 4.37. The van der Waals surface area contributed by atoms with E-state index < -0.39 is 16.6 Å². The first-order chi connectivity index (χ1) is 18.4. The third-order valence-electron chi connectivity index (χ3n) is 6.09. The normalized spacial score (nSPS) is 13.4. The van der Waals surface area contributed by atoms with Crippen molar-refractivity contribution in [3.63, 3.8) is 0 Å². The van der Waals surface area contributed by atoms with E-state index in [0.717, 1.165) is 30.8 Å². The molecule has 0 aliphatic carbocycles. The topological polar surface area (TPSA) is 155 Å². The van der Waals surface area contributed by atoms with Crippen LogP contribution < -0.4 is 15.4 Å². The number of nitrogens with zero attached hydrogens (tertiary/aromatic N) is 7. The minimum Gasteiger partial charge on any atom is -0.465 e. The quantitative estimate of drug-likeness (QED) is 0.199. The van der Waals surface area contributed by atoms with Crippen molar-refractivity contribution >= 4 is 23.3 Å². The lowest BCUT2D eigenvalue weighted by atomic mass is 10.1. The lowest BCUT2D eigenvalue weighted by molar-refractivity contribution is -0.383. The fraction of sp³-hybridized carbons (Fsp3) is 0.440. The van der Waals surface area contributed by atoms with Crippen molar-refractivity contribution in [2.75, 3.05) is 43.5 Å². The number of nitrogens with two attached hydrogens (primary N) is 1. The first-order valence-corrected chi connectivity index (χ1v) is 12.5. The molecule has 0 spiro atoms. The molecular formula is C25H32N8O5. The zero-order chi connectivity index (χ0) is 26.9. The molecule has 13 nitrogen and oxygen atoms in total. The molecule has 3 heterocycles. The van der Waals surface area contributed by atoms with E-state index in [9.17, 15) is 14.9 Å². The summed E-state index contributed by atoms with van der Waals surface area (Å²) in [6.45, 7) is 5.37. The number of hydrogen-bond acceptors (Lipinski definition) is 11. The highest BCUT2D eigenvalue weighted by molar-refractivity contribution is 5.78. The second-order valence-corrected chi connectivity index (χ2v) is 8.93.